The highest BCUT2D eigenvalue weighted by molar-refractivity contribution is 6.29. The Balaban J connectivity index is 2.64. The molecule has 2 aromatic heterocycles. The van der Waals surface area contributed by atoms with Gasteiger partial charge in [0, 0.05) is 19.3 Å². The van der Waals surface area contributed by atoms with Gasteiger partial charge in [-0.15, -0.1) is 0 Å². The summed E-state index contributed by atoms with van der Waals surface area (Å²) in [4.78, 5) is 18.3. The van der Waals surface area contributed by atoms with Crippen LogP contribution >= 0.6 is 11.6 Å². The van der Waals surface area contributed by atoms with E-state index in [-0.39, 0.29) is 5.43 Å². The van der Waals surface area contributed by atoms with Crippen LogP contribution in [-0.2, 0) is 7.05 Å². The summed E-state index contributed by atoms with van der Waals surface area (Å²) in [5, 5.41) is 0.334. The van der Waals surface area contributed by atoms with Crippen LogP contribution in [0.25, 0.3) is 11.3 Å². The van der Waals surface area contributed by atoms with Crippen molar-refractivity contribution in [3.8, 4) is 11.3 Å². The zero-order valence-electron chi connectivity index (χ0n) is 7.49. The van der Waals surface area contributed by atoms with Crippen molar-refractivity contribution in [2.45, 2.75) is 0 Å². The molecule has 0 bridgehead atoms. The monoisotopic (exact) mass is 209 g/mol. The molecule has 0 aromatic carbocycles. The first-order valence-corrected chi connectivity index (χ1v) is 4.41. The van der Waals surface area contributed by atoms with Gasteiger partial charge in [-0.05, 0) is 0 Å². The first-order valence-electron chi connectivity index (χ1n) is 4.03. The van der Waals surface area contributed by atoms with Gasteiger partial charge < -0.3 is 9.55 Å². The molecule has 5 heteroatoms. The average Bonchev–Trinajstić information content (AvgIpc) is 2.52. The van der Waals surface area contributed by atoms with Crippen molar-refractivity contribution in [3.63, 3.8) is 0 Å². The Labute approximate surface area is 85.2 Å². The van der Waals surface area contributed by atoms with Crippen molar-refractivity contribution in [1.29, 1.82) is 0 Å². The number of hydrogen-bond donors (Lipinski definition) is 1. The van der Waals surface area contributed by atoms with E-state index in [1.54, 1.807) is 23.3 Å². The number of H-pyrrole nitrogens is 1. The molecule has 0 aliphatic carbocycles. The van der Waals surface area contributed by atoms with Gasteiger partial charge in [-0.2, -0.15) is 0 Å². The van der Waals surface area contributed by atoms with Gasteiger partial charge >= 0.3 is 0 Å². The number of nitrogens with one attached hydrogen (secondary N) is 1. The van der Waals surface area contributed by atoms with Gasteiger partial charge in [-0.25, -0.2) is 4.98 Å². The van der Waals surface area contributed by atoms with Crippen LogP contribution < -0.4 is 5.43 Å². The predicted molar refractivity (Wildman–Crippen MR) is 54.3 cm³/mol. The zero-order valence-corrected chi connectivity index (χ0v) is 8.25. The summed E-state index contributed by atoms with van der Waals surface area (Å²) < 4.78 is 1.78. The van der Waals surface area contributed by atoms with E-state index in [0.717, 1.165) is 5.69 Å². The summed E-state index contributed by atoms with van der Waals surface area (Å²) in [7, 11) is 1.83. The van der Waals surface area contributed by atoms with Crippen LogP contribution in [-0.4, -0.2) is 14.5 Å². The molecule has 0 aliphatic rings. The highest BCUT2D eigenvalue weighted by atomic mass is 35.5. The number of pyridine rings is 1. The molecule has 0 saturated carbocycles. The molecule has 0 spiro atoms. The Hall–Kier alpha value is -1.55. The quantitative estimate of drug-likeness (QED) is 0.723. The lowest BCUT2D eigenvalue weighted by atomic mass is 10.2. The summed E-state index contributed by atoms with van der Waals surface area (Å²) in [6.45, 7) is 0. The van der Waals surface area contributed by atoms with E-state index in [2.05, 4.69) is 9.97 Å². The Morgan fingerprint density at radius 3 is 2.93 bits per heavy atom. The van der Waals surface area contributed by atoms with Crippen molar-refractivity contribution in [3.05, 3.63) is 40.2 Å². The lowest BCUT2D eigenvalue weighted by molar-refractivity contribution is 0.919. The number of aromatic nitrogens is 3. The minimum absolute atomic E-state index is 0.114. The van der Waals surface area contributed by atoms with E-state index in [1.165, 1.54) is 6.07 Å². The van der Waals surface area contributed by atoms with E-state index >= 15 is 0 Å². The summed E-state index contributed by atoms with van der Waals surface area (Å²) in [5.74, 6) is 0. The maximum atomic E-state index is 11.5. The van der Waals surface area contributed by atoms with Crippen LogP contribution in [0.3, 0.4) is 0 Å². The molecule has 0 atom stereocenters. The third-order valence-electron chi connectivity index (χ3n) is 1.97. The molecule has 1 N–H and O–H groups in total. The van der Waals surface area contributed by atoms with E-state index < -0.39 is 0 Å². The maximum Gasteiger partial charge on any atom is 0.192 e. The first kappa shape index (κ1) is 9.02. The second kappa shape index (κ2) is 3.31. The Bertz CT molecular complexity index is 515. The summed E-state index contributed by atoms with van der Waals surface area (Å²) in [5.41, 5.74) is 1.22. The molecule has 0 fully saturated rings. The first-order chi connectivity index (χ1) is 6.68. The van der Waals surface area contributed by atoms with Gasteiger partial charge in [-0.1, -0.05) is 11.6 Å². The lowest BCUT2D eigenvalue weighted by Crippen LogP contribution is -2.06. The van der Waals surface area contributed by atoms with E-state index in [1.807, 2.05) is 7.05 Å². The Kier molecular flexibility index (Phi) is 2.13. The van der Waals surface area contributed by atoms with Gasteiger partial charge in [-0.3, -0.25) is 4.79 Å². The van der Waals surface area contributed by atoms with Gasteiger partial charge in [0.05, 0.1) is 23.8 Å². The number of halogens is 1. The highest BCUT2D eigenvalue weighted by Crippen LogP contribution is 2.13. The standard InChI is InChI=1S/C9H8ClN3O/c1-13-5-11-4-7(13)6-3-12-9(10)2-8(6)14/h2-5H,1H3,(H,12,14). The van der Waals surface area contributed by atoms with Gasteiger partial charge in [0.1, 0.15) is 5.15 Å². The molecule has 2 rings (SSSR count). The van der Waals surface area contributed by atoms with Crippen LogP contribution in [0, 0.1) is 0 Å². The van der Waals surface area contributed by atoms with Crippen LogP contribution in [0.4, 0.5) is 0 Å². The fraction of sp³-hybridized carbons (Fsp3) is 0.111. The number of aromatic amines is 1. The molecule has 2 heterocycles. The third kappa shape index (κ3) is 1.44. The van der Waals surface area contributed by atoms with Gasteiger partial charge in [0.25, 0.3) is 0 Å². The Morgan fingerprint density at radius 2 is 2.36 bits per heavy atom. The normalized spacial score (nSPS) is 10.4. The van der Waals surface area contributed by atoms with Crippen molar-refractivity contribution in [1.82, 2.24) is 14.5 Å². The van der Waals surface area contributed by atoms with Gasteiger partial charge in [0.2, 0.25) is 0 Å². The molecule has 0 saturated heterocycles. The minimum Gasteiger partial charge on any atom is -0.352 e. The number of hydrogen-bond acceptors (Lipinski definition) is 2. The van der Waals surface area contributed by atoms with Crippen LogP contribution in [0.15, 0.2) is 29.6 Å². The molecular formula is C9H8ClN3O. The van der Waals surface area contributed by atoms with E-state index in [0.29, 0.717) is 10.7 Å². The molecule has 14 heavy (non-hydrogen) atoms. The molecule has 0 unspecified atom stereocenters. The Morgan fingerprint density at radius 1 is 1.57 bits per heavy atom. The molecule has 0 radical (unpaired) electrons. The van der Waals surface area contributed by atoms with E-state index in [9.17, 15) is 4.79 Å². The fourth-order valence-electron chi connectivity index (χ4n) is 1.26. The topological polar surface area (TPSA) is 50.7 Å². The van der Waals surface area contributed by atoms with Gasteiger partial charge in [0.15, 0.2) is 5.43 Å². The number of nitrogens with zero attached hydrogens (tertiary/aromatic N) is 2. The van der Waals surface area contributed by atoms with Crippen molar-refractivity contribution < 1.29 is 0 Å². The summed E-state index contributed by atoms with van der Waals surface area (Å²) >= 11 is 5.64. The number of imidazole rings is 1. The van der Waals surface area contributed by atoms with Crippen LogP contribution in [0.2, 0.25) is 5.15 Å². The highest BCUT2D eigenvalue weighted by Gasteiger charge is 2.06. The molecule has 0 aliphatic heterocycles. The van der Waals surface area contributed by atoms with Crippen molar-refractivity contribution in [2.75, 3.05) is 0 Å². The molecule has 2 aromatic rings. The average molecular weight is 210 g/mol. The maximum absolute atomic E-state index is 11.5. The molecule has 4 nitrogen and oxygen atoms in total. The summed E-state index contributed by atoms with van der Waals surface area (Å²) in [6, 6.07) is 1.35. The smallest absolute Gasteiger partial charge is 0.192 e. The molecule has 0 amide bonds. The SMILES string of the molecule is Cn1cncc1-c1c[nH]c(Cl)cc1=O. The zero-order chi connectivity index (χ0) is 10.1. The largest absolute Gasteiger partial charge is 0.352 e. The van der Waals surface area contributed by atoms with Crippen LogP contribution in [0.1, 0.15) is 0 Å². The van der Waals surface area contributed by atoms with Crippen molar-refractivity contribution in [2.24, 2.45) is 7.05 Å². The fourth-order valence-corrected chi connectivity index (χ4v) is 1.42. The van der Waals surface area contributed by atoms with Crippen molar-refractivity contribution >= 4 is 11.6 Å². The molecular weight excluding hydrogens is 202 g/mol. The second-order valence-electron chi connectivity index (χ2n) is 2.95. The predicted octanol–water partition coefficient (Wildman–Crippen LogP) is 1.43. The summed E-state index contributed by atoms with van der Waals surface area (Å²) in [6.07, 6.45) is 4.86. The number of aryl methyl sites for hydroxylation is 1. The van der Waals surface area contributed by atoms with E-state index in [4.69, 9.17) is 11.6 Å². The third-order valence-corrected chi connectivity index (χ3v) is 2.19. The van der Waals surface area contributed by atoms with Crippen LogP contribution in [0.5, 0.6) is 0 Å². The molecule has 72 valence electrons. The second-order valence-corrected chi connectivity index (χ2v) is 3.36. The minimum atomic E-state index is -0.114. The number of rotatable bonds is 1. The lowest BCUT2D eigenvalue weighted by Gasteiger charge is -2.00.